The number of methoxy groups -OCH3 is 1. The molecule has 3 rings (SSSR count). The van der Waals surface area contributed by atoms with E-state index in [0.29, 0.717) is 10.9 Å². The minimum atomic E-state index is -0.478. The van der Waals surface area contributed by atoms with Gasteiger partial charge in [0.05, 0.1) is 18.1 Å². The molecule has 0 aromatic carbocycles. The fraction of sp³-hybridized carbons (Fsp3) is 0.722. The summed E-state index contributed by atoms with van der Waals surface area (Å²) in [5.74, 6) is -0.555. The minimum absolute atomic E-state index is 0.0770. The van der Waals surface area contributed by atoms with Crippen molar-refractivity contribution in [3.05, 3.63) is 11.0 Å². The maximum Gasteiger partial charge on any atom is 0.331 e. The summed E-state index contributed by atoms with van der Waals surface area (Å²) in [5, 5.41) is 0.800. The topological polar surface area (TPSA) is 59.0 Å². The molecule has 1 heterocycles. The quantitative estimate of drug-likeness (QED) is 0.576. The summed E-state index contributed by atoms with van der Waals surface area (Å²) in [6.07, 6.45) is 12.9. The molecular formula is C18H26N2O3S. The molecule has 132 valence electrons. The molecule has 3 fully saturated rings. The van der Waals surface area contributed by atoms with Gasteiger partial charge in [-0.3, -0.25) is 14.7 Å². The molecule has 2 aliphatic carbocycles. The predicted molar refractivity (Wildman–Crippen MR) is 95.7 cm³/mol. The normalized spacial score (nSPS) is 27.2. The first kappa shape index (κ1) is 17.5. The van der Waals surface area contributed by atoms with Gasteiger partial charge in [0.2, 0.25) is 0 Å². The van der Waals surface area contributed by atoms with Gasteiger partial charge in [-0.15, -0.1) is 0 Å². The number of thioether (sulfide) groups is 1. The predicted octanol–water partition coefficient (Wildman–Crippen LogP) is 3.64. The summed E-state index contributed by atoms with van der Waals surface area (Å²) in [5.41, 5.74) is 0. The number of amides is 1. The van der Waals surface area contributed by atoms with Gasteiger partial charge < -0.3 is 4.74 Å². The maximum absolute atomic E-state index is 12.9. The zero-order valence-electron chi connectivity index (χ0n) is 14.3. The molecule has 3 aliphatic rings. The van der Waals surface area contributed by atoms with Gasteiger partial charge >= 0.3 is 5.97 Å². The Balaban J connectivity index is 1.84. The minimum Gasteiger partial charge on any atom is -0.466 e. The molecule has 0 bridgehead atoms. The summed E-state index contributed by atoms with van der Waals surface area (Å²) in [7, 11) is 1.33. The molecule has 1 aliphatic heterocycles. The molecule has 0 N–H and O–H groups in total. The summed E-state index contributed by atoms with van der Waals surface area (Å²) >= 11 is 1.34. The molecule has 0 aromatic heterocycles. The number of carbonyl (C=O) groups excluding carboxylic acids is 2. The third-order valence-corrected chi connectivity index (χ3v) is 6.09. The molecule has 24 heavy (non-hydrogen) atoms. The van der Waals surface area contributed by atoms with Gasteiger partial charge in [-0.1, -0.05) is 38.5 Å². The Hall–Kier alpha value is -1.30. The van der Waals surface area contributed by atoms with Crippen LogP contribution in [-0.2, 0) is 14.3 Å². The number of ether oxygens (including phenoxy) is 1. The first-order chi connectivity index (χ1) is 11.7. The number of hydrogen-bond acceptors (Lipinski definition) is 5. The Morgan fingerprint density at radius 2 is 1.75 bits per heavy atom. The zero-order chi connectivity index (χ0) is 16.9. The third kappa shape index (κ3) is 4.02. The van der Waals surface area contributed by atoms with E-state index in [-0.39, 0.29) is 11.9 Å². The van der Waals surface area contributed by atoms with Crippen molar-refractivity contribution in [3.8, 4) is 0 Å². The number of esters is 1. The van der Waals surface area contributed by atoms with E-state index < -0.39 is 5.97 Å². The Morgan fingerprint density at radius 1 is 1.12 bits per heavy atom. The Bertz CT molecular complexity index is 546. The van der Waals surface area contributed by atoms with Crippen LogP contribution in [0.3, 0.4) is 0 Å². The van der Waals surface area contributed by atoms with Gasteiger partial charge in [0.1, 0.15) is 0 Å². The van der Waals surface area contributed by atoms with Crippen LogP contribution in [0.5, 0.6) is 0 Å². The van der Waals surface area contributed by atoms with Gasteiger partial charge in [-0.25, -0.2) is 4.79 Å². The van der Waals surface area contributed by atoms with Crippen LogP contribution in [0.1, 0.15) is 64.2 Å². The average Bonchev–Trinajstić information content (AvgIpc) is 2.91. The molecule has 0 unspecified atom stereocenters. The SMILES string of the molecule is COC(=O)/C=C1/SC(=NC2CCCCC2)N(C2CCCCC2)C1=O. The first-order valence-electron chi connectivity index (χ1n) is 9.08. The number of amidine groups is 1. The second kappa shape index (κ2) is 8.19. The Kier molecular flexibility index (Phi) is 5.98. The van der Waals surface area contributed by atoms with Crippen LogP contribution in [0.4, 0.5) is 0 Å². The second-order valence-corrected chi connectivity index (χ2v) is 7.81. The zero-order valence-corrected chi connectivity index (χ0v) is 15.1. The molecule has 6 heteroatoms. The summed E-state index contributed by atoms with van der Waals surface area (Å²) < 4.78 is 4.69. The Morgan fingerprint density at radius 3 is 2.38 bits per heavy atom. The van der Waals surface area contributed by atoms with Crippen molar-refractivity contribution in [2.24, 2.45) is 4.99 Å². The number of rotatable bonds is 3. The lowest BCUT2D eigenvalue weighted by Gasteiger charge is -2.31. The number of carbonyl (C=O) groups is 2. The van der Waals surface area contributed by atoms with Crippen molar-refractivity contribution in [1.82, 2.24) is 4.90 Å². The maximum atomic E-state index is 12.9. The summed E-state index contributed by atoms with van der Waals surface area (Å²) in [6, 6.07) is 0.544. The van der Waals surface area contributed by atoms with Gasteiger partial charge in [0.25, 0.3) is 5.91 Å². The molecule has 1 amide bonds. The molecule has 1 saturated heterocycles. The number of hydrogen-bond donors (Lipinski definition) is 0. The highest BCUT2D eigenvalue weighted by Gasteiger charge is 2.39. The monoisotopic (exact) mass is 350 g/mol. The van der Waals surface area contributed by atoms with E-state index >= 15 is 0 Å². The highest BCUT2D eigenvalue weighted by atomic mass is 32.2. The van der Waals surface area contributed by atoms with Crippen molar-refractivity contribution in [1.29, 1.82) is 0 Å². The summed E-state index contributed by atoms with van der Waals surface area (Å²) in [4.78, 5) is 31.7. The fourth-order valence-corrected chi connectivity index (χ4v) is 4.84. The van der Waals surface area contributed by atoms with Crippen LogP contribution >= 0.6 is 11.8 Å². The van der Waals surface area contributed by atoms with Crippen molar-refractivity contribution in [2.75, 3.05) is 7.11 Å². The van der Waals surface area contributed by atoms with E-state index in [1.165, 1.54) is 50.6 Å². The highest BCUT2D eigenvalue weighted by Crippen LogP contribution is 2.37. The molecule has 2 saturated carbocycles. The van der Waals surface area contributed by atoms with Crippen molar-refractivity contribution < 1.29 is 14.3 Å². The second-order valence-electron chi connectivity index (χ2n) is 6.80. The van der Waals surface area contributed by atoms with Crippen molar-refractivity contribution >= 4 is 28.8 Å². The van der Waals surface area contributed by atoms with Crippen molar-refractivity contribution in [2.45, 2.75) is 76.3 Å². The lowest BCUT2D eigenvalue weighted by atomic mass is 9.94. The van der Waals surface area contributed by atoms with Crippen LogP contribution in [-0.4, -0.2) is 41.1 Å². The largest absolute Gasteiger partial charge is 0.466 e. The van der Waals surface area contributed by atoms with Crippen LogP contribution in [0.15, 0.2) is 16.0 Å². The van der Waals surface area contributed by atoms with Crippen LogP contribution in [0, 0.1) is 0 Å². The lowest BCUT2D eigenvalue weighted by Crippen LogP contribution is -2.41. The third-order valence-electron chi connectivity index (χ3n) is 5.09. The molecule has 0 aromatic rings. The van der Waals surface area contributed by atoms with Crippen LogP contribution in [0.25, 0.3) is 0 Å². The van der Waals surface area contributed by atoms with Crippen LogP contribution < -0.4 is 0 Å². The lowest BCUT2D eigenvalue weighted by molar-refractivity contribution is -0.135. The Labute approximate surface area is 147 Å². The van der Waals surface area contributed by atoms with Gasteiger partial charge in [-0.2, -0.15) is 0 Å². The number of nitrogens with zero attached hydrogens (tertiary/aromatic N) is 2. The molecule has 5 nitrogen and oxygen atoms in total. The standard InChI is InChI=1S/C18H26N2O3S/c1-23-16(21)12-15-17(22)20(14-10-6-3-7-11-14)18(24-15)19-13-8-4-2-5-9-13/h12-14H,2-11H2,1H3/b15-12+,19-18?. The van der Waals surface area contributed by atoms with E-state index in [1.54, 1.807) is 0 Å². The first-order valence-corrected chi connectivity index (χ1v) is 9.89. The molecule has 0 radical (unpaired) electrons. The van der Waals surface area contributed by atoms with Gasteiger partial charge in [0, 0.05) is 12.1 Å². The van der Waals surface area contributed by atoms with Crippen molar-refractivity contribution in [3.63, 3.8) is 0 Å². The molecule has 0 spiro atoms. The van der Waals surface area contributed by atoms with Gasteiger partial charge in [0.15, 0.2) is 5.17 Å². The van der Waals surface area contributed by atoms with E-state index in [4.69, 9.17) is 4.99 Å². The van der Waals surface area contributed by atoms with Gasteiger partial charge in [-0.05, 0) is 37.4 Å². The average molecular weight is 350 g/mol. The molecular weight excluding hydrogens is 324 g/mol. The van der Waals surface area contributed by atoms with E-state index in [2.05, 4.69) is 4.74 Å². The highest BCUT2D eigenvalue weighted by molar-refractivity contribution is 8.18. The van der Waals surface area contributed by atoms with Crippen LogP contribution in [0.2, 0.25) is 0 Å². The van der Waals surface area contributed by atoms with E-state index in [0.717, 1.165) is 43.7 Å². The molecule has 0 atom stereocenters. The number of aliphatic imine (C=N–C) groups is 1. The smallest absolute Gasteiger partial charge is 0.331 e. The van der Waals surface area contributed by atoms with E-state index in [9.17, 15) is 9.59 Å². The van der Waals surface area contributed by atoms with E-state index in [1.807, 2.05) is 4.90 Å². The fourth-order valence-electron chi connectivity index (χ4n) is 3.77. The summed E-state index contributed by atoms with van der Waals surface area (Å²) in [6.45, 7) is 0.